The van der Waals surface area contributed by atoms with Crippen molar-refractivity contribution in [2.24, 2.45) is 0 Å². The number of nitrogens with one attached hydrogen (secondary N) is 1. The van der Waals surface area contributed by atoms with Gasteiger partial charge in [-0.05, 0) is 60.7 Å². The zero-order valence-corrected chi connectivity index (χ0v) is 21.0. The summed E-state index contributed by atoms with van der Waals surface area (Å²) in [6.45, 7) is 3.62. The quantitative estimate of drug-likeness (QED) is 0.339. The molecular formula is C22H19F3IN7O3. The van der Waals surface area contributed by atoms with Gasteiger partial charge in [0.15, 0.2) is 17.6 Å². The molecule has 2 atom stereocenters. The van der Waals surface area contributed by atoms with Crippen LogP contribution in [-0.4, -0.2) is 59.2 Å². The number of H-pyrrole nitrogens is 1. The first kappa shape index (κ1) is 24.6. The average Bonchev–Trinajstić information content (AvgIpc) is 3.46. The van der Waals surface area contributed by atoms with E-state index >= 15 is 0 Å². The number of fused-ring (bicyclic) bond motifs is 1. The molecule has 36 heavy (non-hydrogen) atoms. The van der Waals surface area contributed by atoms with Gasteiger partial charge in [-0.15, -0.1) is 10.2 Å². The van der Waals surface area contributed by atoms with Crippen LogP contribution in [0.5, 0.6) is 0 Å². The summed E-state index contributed by atoms with van der Waals surface area (Å²) in [5, 5.41) is 21.8. The summed E-state index contributed by atoms with van der Waals surface area (Å²) >= 11 is 2.16. The summed E-state index contributed by atoms with van der Waals surface area (Å²) in [6.07, 6.45) is -4.81. The van der Waals surface area contributed by atoms with Gasteiger partial charge in [-0.2, -0.15) is 18.3 Å². The number of aromatic amines is 1. The second-order valence-corrected chi connectivity index (χ2v) is 10.1. The monoisotopic (exact) mass is 613 g/mol. The number of aliphatic hydroxyl groups excluding tert-OH is 1. The Balaban J connectivity index is 1.44. The lowest BCUT2D eigenvalue weighted by Gasteiger charge is -2.42. The molecule has 188 valence electrons. The van der Waals surface area contributed by atoms with E-state index in [0.29, 0.717) is 11.0 Å². The van der Waals surface area contributed by atoms with Crippen molar-refractivity contribution in [1.82, 2.24) is 29.9 Å². The summed E-state index contributed by atoms with van der Waals surface area (Å²) in [6, 6.07) is 7.83. The minimum atomic E-state index is -4.67. The molecule has 1 saturated heterocycles. The number of hydrogen-bond donors (Lipinski definition) is 2. The number of carbonyl (C=O) groups is 1. The molecular weight excluding hydrogens is 594 g/mol. The van der Waals surface area contributed by atoms with Crippen molar-refractivity contribution < 1.29 is 27.8 Å². The molecule has 1 fully saturated rings. The molecule has 1 aromatic carbocycles. The largest absolute Gasteiger partial charge is 0.435 e. The van der Waals surface area contributed by atoms with Gasteiger partial charge in [0.25, 0.3) is 5.91 Å². The van der Waals surface area contributed by atoms with E-state index in [1.807, 2.05) is 12.1 Å². The lowest BCUT2D eigenvalue weighted by molar-refractivity contribution is -0.166. The normalized spacial score (nSPS) is 19.1. The zero-order valence-electron chi connectivity index (χ0n) is 18.9. The van der Waals surface area contributed by atoms with Gasteiger partial charge in [0.05, 0.1) is 35.1 Å². The number of hydrogen-bond acceptors (Lipinski definition) is 7. The van der Waals surface area contributed by atoms with Crippen LogP contribution >= 0.6 is 22.6 Å². The summed E-state index contributed by atoms with van der Waals surface area (Å²) in [5.74, 6) is -0.208. The summed E-state index contributed by atoms with van der Waals surface area (Å²) < 4.78 is 47.2. The van der Waals surface area contributed by atoms with Crippen molar-refractivity contribution in [1.29, 1.82) is 0 Å². The molecule has 2 N–H and O–H groups in total. The van der Waals surface area contributed by atoms with E-state index in [1.165, 1.54) is 21.8 Å². The number of rotatable bonds is 4. The van der Waals surface area contributed by atoms with Crippen molar-refractivity contribution in [3.63, 3.8) is 0 Å². The van der Waals surface area contributed by atoms with Crippen LogP contribution in [0, 0.1) is 3.57 Å². The fraction of sp³-hybridized carbons (Fsp3) is 0.318. The maximum absolute atomic E-state index is 13.4. The molecule has 0 unspecified atom stereocenters. The van der Waals surface area contributed by atoms with Gasteiger partial charge in [-0.1, -0.05) is 0 Å². The molecule has 10 nitrogen and oxygen atoms in total. The Hall–Kier alpha value is -3.11. The highest BCUT2D eigenvalue weighted by atomic mass is 127. The van der Waals surface area contributed by atoms with Crippen molar-refractivity contribution >= 4 is 45.3 Å². The van der Waals surface area contributed by atoms with Gasteiger partial charge < -0.3 is 14.8 Å². The fourth-order valence-corrected chi connectivity index (χ4v) is 4.44. The Bertz CT molecular complexity index is 1450. The highest BCUT2D eigenvalue weighted by Crippen LogP contribution is 2.33. The summed E-state index contributed by atoms with van der Waals surface area (Å²) in [5.41, 5.74) is -0.668. The Kier molecular flexibility index (Phi) is 5.99. The van der Waals surface area contributed by atoms with Crippen LogP contribution in [0.2, 0.25) is 0 Å². The first-order chi connectivity index (χ1) is 16.9. The minimum absolute atomic E-state index is 0.0250. The molecule has 1 aliphatic heterocycles. The number of ether oxygens (including phenoxy) is 1. The van der Waals surface area contributed by atoms with Gasteiger partial charge in [0.1, 0.15) is 11.9 Å². The van der Waals surface area contributed by atoms with E-state index in [0.717, 1.165) is 15.8 Å². The predicted octanol–water partition coefficient (Wildman–Crippen LogP) is 3.41. The number of imidazole rings is 1. The van der Waals surface area contributed by atoms with Crippen molar-refractivity contribution in [2.45, 2.75) is 37.8 Å². The molecule has 0 saturated carbocycles. The number of halogens is 4. The number of anilines is 1. The second-order valence-electron chi connectivity index (χ2n) is 8.87. The van der Waals surface area contributed by atoms with Crippen LogP contribution in [0.25, 0.3) is 16.7 Å². The van der Waals surface area contributed by atoms with Crippen LogP contribution in [0.15, 0.2) is 42.7 Å². The minimum Gasteiger partial charge on any atom is -0.382 e. The van der Waals surface area contributed by atoms with Crippen LogP contribution in [0.1, 0.15) is 31.5 Å². The van der Waals surface area contributed by atoms with Gasteiger partial charge in [0, 0.05) is 15.8 Å². The zero-order chi connectivity index (χ0) is 25.8. The number of benzene rings is 1. The van der Waals surface area contributed by atoms with E-state index in [-0.39, 0.29) is 23.9 Å². The van der Waals surface area contributed by atoms with Gasteiger partial charge in [-0.3, -0.25) is 9.69 Å². The predicted molar refractivity (Wildman–Crippen MR) is 129 cm³/mol. The average molecular weight is 613 g/mol. The Morgan fingerprint density at radius 2 is 2.06 bits per heavy atom. The fourth-order valence-electron chi connectivity index (χ4n) is 3.94. The summed E-state index contributed by atoms with van der Waals surface area (Å²) in [4.78, 5) is 22.2. The summed E-state index contributed by atoms with van der Waals surface area (Å²) in [7, 11) is 0. The highest BCUT2D eigenvalue weighted by molar-refractivity contribution is 14.1. The third-order valence-electron chi connectivity index (χ3n) is 5.57. The maximum Gasteiger partial charge on any atom is 0.435 e. The van der Waals surface area contributed by atoms with E-state index < -0.39 is 35.6 Å². The number of carbonyl (C=O) groups excluding carboxylic acids is 1. The van der Waals surface area contributed by atoms with Gasteiger partial charge in [-0.25, -0.2) is 9.67 Å². The molecule has 0 radical (unpaired) electrons. The molecule has 0 spiro atoms. The third kappa shape index (κ3) is 4.67. The van der Waals surface area contributed by atoms with Crippen LogP contribution in [0.3, 0.4) is 0 Å². The molecule has 5 rings (SSSR count). The lowest BCUT2D eigenvalue weighted by atomic mass is 10.0. The van der Waals surface area contributed by atoms with Crippen molar-refractivity contribution in [3.05, 3.63) is 57.8 Å². The Morgan fingerprint density at radius 1 is 1.28 bits per heavy atom. The number of aromatic nitrogens is 6. The number of alkyl halides is 3. The molecule has 4 heterocycles. The van der Waals surface area contributed by atoms with Crippen molar-refractivity contribution in [3.8, 4) is 5.69 Å². The molecule has 14 heteroatoms. The van der Waals surface area contributed by atoms with E-state index in [2.05, 4.69) is 47.9 Å². The standard InChI is InChI=1S/C22H19F3IN7O3/c1-21(2)10-32(16-5-6-33(31-16)12-8-15(22(23,24)25)30-27-9-12)20(35)18(36-21)17(34)19-28-13-4-3-11(26)7-14(13)29-19/h3-9,17-18,34H,10H2,1-2H3,(H,28,29)/t17-,18-/m1/s1. The second kappa shape index (κ2) is 8.77. The molecule has 0 bridgehead atoms. The van der Waals surface area contributed by atoms with E-state index in [4.69, 9.17) is 4.74 Å². The SMILES string of the molecule is CC1(C)CN(c2ccn(-c3cnnc(C(F)(F)F)c3)n2)C(=O)[C@@H]([C@@H](O)c2nc3ccc(I)cc3[nH]2)O1. The molecule has 1 aliphatic rings. The number of amides is 1. The highest BCUT2D eigenvalue weighted by Gasteiger charge is 2.45. The lowest BCUT2D eigenvalue weighted by Crippen LogP contribution is -2.58. The van der Waals surface area contributed by atoms with Gasteiger partial charge >= 0.3 is 6.18 Å². The van der Waals surface area contributed by atoms with Crippen LogP contribution < -0.4 is 4.90 Å². The molecule has 4 aromatic rings. The third-order valence-corrected chi connectivity index (χ3v) is 6.24. The molecule has 0 aliphatic carbocycles. The number of nitrogens with zero attached hydrogens (tertiary/aromatic N) is 6. The number of morpholine rings is 1. The number of aliphatic hydroxyl groups is 1. The maximum atomic E-state index is 13.4. The Labute approximate surface area is 215 Å². The first-order valence-electron chi connectivity index (χ1n) is 10.7. The van der Waals surface area contributed by atoms with Crippen LogP contribution in [-0.2, 0) is 15.7 Å². The van der Waals surface area contributed by atoms with Gasteiger partial charge in [0.2, 0.25) is 0 Å². The van der Waals surface area contributed by atoms with E-state index in [9.17, 15) is 23.1 Å². The molecule has 1 amide bonds. The van der Waals surface area contributed by atoms with E-state index in [1.54, 1.807) is 19.9 Å². The van der Waals surface area contributed by atoms with Crippen molar-refractivity contribution in [2.75, 3.05) is 11.4 Å². The first-order valence-corrected chi connectivity index (χ1v) is 11.8. The Morgan fingerprint density at radius 3 is 2.81 bits per heavy atom. The van der Waals surface area contributed by atoms with Crippen LogP contribution in [0.4, 0.5) is 19.0 Å². The topological polar surface area (TPSA) is 122 Å². The molecule has 3 aromatic heterocycles. The smallest absolute Gasteiger partial charge is 0.382 e.